The Morgan fingerprint density at radius 3 is 2.45 bits per heavy atom. The molecule has 0 bridgehead atoms. The molecule has 1 amide bonds. The largest absolute Gasteiger partial charge is 0.489 e. The third-order valence-corrected chi connectivity index (χ3v) is 7.45. The SMILES string of the molecule is O=C(Nc1ccc(S(=O)(=O)N2CCOCC2)cc1)c1cccc(OCc2ccccc2Cl)c1. The van der Waals surface area contributed by atoms with Gasteiger partial charge in [0.15, 0.2) is 0 Å². The lowest BCUT2D eigenvalue weighted by Gasteiger charge is -2.26. The summed E-state index contributed by atoms with van der Waals surface area (Å²) in [6.45, 7) is 1.71. The lowest BCUT2D eigenvalue weighted by atomic mass is 10.2. The molecule has 1 saturated heterocycles. The van der Waals surface area contributed by atoms with Crippen molar-refractivity contribution in [2.75, 3.05) is 31.6 Å². The van der Waals surface area contributed by atoms with Crippen LogP contribution in [0.2, 0.25) is 5.02 Å². The highest BCUT2D eigenvalue weighted by Crippen LogP contribution is 2.22. The van der Waals surface area contributed by atoms with Gasteiger partial charge in [-0.25, -0.2) is 8.42 Å². The fraction of sp³-hybridized carbons (Fsp3) is 0.208. The first kappa shape index (κ1) is 23.3. The first-order valence-corrected chi connectivity index (χ1v) is 12.2. The Kier molecular flexibility index (Phi) is 7.29. The van der Waals surface area contributed by atoms with Crippen LogP contribution in [-0.4, -0.2) is 44.9 Å². The molecule has 0 saturated carbocycles. The number of rotatable bonds is 7. The third-order valence-electron chi connectivity index (χ3n) is 5.17. The first-order chi connectivity index (χ1) is 15.9. The van der Waals surface area contributed by atoms with Crippen LogP contribution in [-0.2, 0) is 21.4 Å². The molecule has 1 aliphatic rings. The number of amides is 1. The molecule has 172 valence electrons. The number of halogens is 1. The van der Waals surface area contributed by atoms with Gasteiger partial charge in [0.2, 0.25) is 10.0 Å². The smallest absolute Gasteiger partial charge is 0.255 e. The molecule has 0 aromatic heterocycles. The summed E-state index contributed by atoms with van der Waals surface area (Å²) in [5, 5.41) is 3.40. The fourth-order valence-corrected chi connectivity index (χ4v) is 4.95. The number of hydrogen-bond acceptors (Lipinski definition) is 5. The molecule has 33 heavy (non-hydrogen) atoms. The predicted molar refractivity (Wildman–Crippen MR) is 126 cm³/mol. The van der Waals surface area contributed by atoms with Gasteiger partial charge in [0, 0.05) is 34.9 Å². The molecule has 0 spiro atoms. The van der Waals surface area contributed by atoms with Crippen molar-refractivity contribution in [3.8, 4) is 5.75 Å². The Morgan fingerprint density at radius 1 is 1.00 bits per heavy atom. The van der Waals surface area contributed by atoms with Gasteiger partial charge < -0.3 is 14.8 Å². The lowest BCUT2D eigenvalue weighted by Crippen LogP contribution is -2.40. The molecule has 3 aromatic rings. The van der Waals surface area contributed by atoms with Crippen LogP contribution in [0.25, 0.3) is 0 Å². The monoisotopic (exact) mass is 486 g/mol. The Balaban J connectivity index is 1.40. The second-order valence-corrected chi connectivity index (χ2v) is 9.75. The second kappa shape index (κ2) is 10.4. The summed E-state index contributed by atoms with van der Waals surface area (Å²) < 4.78 is 37.9. The van der Waals surface area contributed by atoms with E-state index in [0.29, 0.717) is 48.3 Å². The average Bonchev–Trinajstić information content (AvgIpc) is 2.84. The zero-order chi connectivity index (χ0) is 23.3. The van der Waals surface area contributed by atoms with Crippen LogP contribution < -0.4 is 10.1 Å². The summed E-state index contributed by atoms with van der Waals surface area (Å²) in [6.07, 6.45) is 0. The van der Waals surface area contributed by atoms with Crippen molar-refractivity contribution < 1.29 is 22.7 Å². The predicted octanol–water partition coefficient (Wildman–Crippen LogP) is 4.19. The number of sulfonamides is 1. The van der Waals surface area contributed by atoms with Gasteiger partial charge in [-0.1, -0.05) is 35.9 Å². The molecule has 7 nitrogen and oxygen atoms in total. The van der Waals surface area contributed by atoms with Crippen LogP contribution in [0.3, 0.4) is 0 Å². The maximum Gasteiger partial charge on any atom is 0.255 e. The highest BCUT2D eigenvalue weighted by atomic mass is 35.5. The van der Waals surface area contributed by atoms with Gasteiger partial charge in [-0.2, -0.15) is 4.31 Å². The topological polar surface area (TPSA) is 84.9 Å². The van der Waals surface area contributed by atoms with Gasteiger partial charge in [0.25, 0.3) is 5.91 Å². The highest BCUT2D eigenvalue weighted by Gasteiger charge is 2.26. The quantitative estimate of drug-likeness (QED) is 0.541. The summed E-state index contributed by atoms with van der Waals surface area (Å²) in [6, 6.07) is 20.3. The van der Waals surface area contributed by atoms with E-state index in [1.54, 1.807) is 42.5 Å². The van der Waals surface area contributed by atoms with Crippen LogP contribution in [0.4, 0.5) is 5.69 Å². The maximum atomic E-state index is 12.7. The Bertz CT molecular complexity index is 1230. The van der Waals surface area contributed by atoms with Crippen LogP contribution in [0.5, 0.6) is 5.75 Å². The van der Waals surface area contributed by atoms with E-state index in [0.717, 1.165) is 5.56 Å². The van der Waals surface area contributed by atoms with Crippen molar-refractivity contribution in [2.24, 2.45) is 0 Å². The standard InChI is InChI=1S/C24H23ClN2O5S/c25-23-7-2-1-4-19(23)17-32-21-6-3-5-18(16-21)24(28)26-20-8-10-22(11-9-20)33(29,30)27-12-14-31-15-13-27/h1-11,16H,12-15,17H2,(H,26,28). The summed E-state index contributed by atoms with van der Waals surface area (Å²) in [4.78, 5) is 12.9. The molecular formula is C24H23ClN2O5S. The average molecular weight is 487 g/mol. The van der Waals surface area contributed by atoms with Crippen LogP contribution >= 0.6 is 11.6 Å². The number of hydrogen-bond donors (Lipinski definition) is 1. The summed E-state index contributed by atoms with van der Waals surface area (Å²) >= 11 is 6.16. The zero-order valence-corrected chi connectivity index (χ0v) is 19.3. The highest BCUT2D eigenvalue weighted by molar-refractivity contribution is 7.89. The van der Waals surface area contributed by atoms with E-state index < -0.39 is 10.0 Å². The molecule has 0 unspecified atom stereocenters. The van der Waals surface area contributed by atoms with Gasteiger partial charge in [-0.3, -0.25) is 4.79 Å². The zero-order valence-electron chi connectivity index (χ0n) is 17.7. The van der Waals surface area contributed by atoms with E-state index in [1.807, 2.05) is 18.2 Å². The minimum Gasteiger partial charge on any atom is -0.489 e. The molecule has 1 aliphatic heterocycles. The Morgan fingerprint density at radius 2 is 1.73 bits per heavy atom. The summed E-state index contributed by atoms with van der Waals surface area (Å²) in [7, 11) is -3.58. The number of carbonyl (C=O) groups is 1. The van der Waals surface area contributed by atoms with Gasteiger partial charge in [-0.05, 0) is 48.5 Å². The number of ether oxygens (including phenoxy) is 2. The molecule has 4 rings (SSSR count). The van der Waals surface area contributed by atoms with Gasteiger partial charge in [0.05, 0.1) is 18.1 Å². The molecule has 1 N–H and O–H groups in total. The summed E-state index contributed by atoms with van der Waals surface area (Å²) in [5.41, 5.74) is 1.75. The van der Waals surface area contributed by atoms with Crippen molar-refractivity contribution in [3.63, 3.8) is 0 Å². The van der Waals surface area contributed by atoms with E-state index in [-0.39, 0.29) is 17.4 Å². The lowest BCUT2D eigenvalue weighted by molar-refractivity contribution is 0.0730. The summed E-state index contributed by atoms with van der Waals surface area (Å²) in [5.74, 6) is 0.205. The van der Waals surface area contributed by atoms with Crippen molar-refractivity contribution in [1.29, 1.82) is 0 Å². The van der Waals surface area contributed by atoms with Crippen molar-refractivity contribution in [1.82, 2.24) is 4.31 Å². The van der Waals surface area contributed by atoms with E-state index in [1.165, 1.54) is 16.4 Å². The third kappa shape index (κ3) is 5.72. The molecular weight excluding hydrogens is 464 g/mol. The fourth-order valence-electron chi connectivity index (χ4n) is 3.35. The van der Waals surface area contributed by atoms with Crippen LogP contribution in [0.1, 0.15) is 15.9 Å². The van der Waals surface area contributed by atoms with Crippen LogP contribution in [0, 0.1) is 0 Å². The molecule has 0 radical (unpaired) electrons. The Hall–Kier alpha value is -2.91. The molecule has 0 aliphatic carbocycles. The number of nitrogens with zero attached hydrogens (tertiary/aromatic N) is 1. The number of carbonyl (C=O) groups excluding carboxylic acids is 1. The maximum absolute atomic E-state index is 12.7. The molecule has 1 fully saturated rings. The van der Waals surface area contributed by atoms with E-state index in [9.17, 15) is 13.2 Å². The minimum absolute atomic E-state index is 0.178. The molecule has 0 atom stereocenters. The van der Waals surface area contributed by atoms with Gasteiger partial charge >= 0.3 is 0 Å². The van der Waals surface area contributed by atoms with E-state index in [4.69, 9.17) is 21.1 Å². The van der Waals surface area contributed by atoms with Crippen molar-refractivity contribution >= 4 is 33.2 Å². The normalized spacial score (nSPS) is 14.6. The minimum atomic E-state index is -3.58. The van der Waals surface area contributed by atoms with E-state index >= 15 is 0 Å². The molecule has 9 heteroatoms. The second-order valence-electron chi connectivity index (χ2n) is 7.40. The first-order valence-electron chi connectivity index (χ1n) is 10.4. The van der Waals surface area contributed by atoms with Crippen molar-refractivity contribution in [2.45, 2.75) is 11.5 Å². The van der Waals surface area contributed by atoms with Crippen LogP contribution in [0.15, 0.2) is 77.7 Å². The number of benzene rings is 3. The molecule has 3 aromatic carbocycles. The van der Waals surface area contributed by atoms with Gasteiger partial charge in [-0.15, -0.1) is 0 Å². The molecule has 1 heterocycles. The number of morpholine rings is 1. The van der Waals surface area contributed by atoms with Gasteiger partial charge in [0.1, 0.15) is 12.4 Å². The van der Waals surface area contributed by atoms with Crippen molar-refractivity contribution in [3.05, 3.63) is 88.9 Å². The number of nitrogens with one attached hydrogen (secondary N) is 1. The number of anilines is 1. The van der Waals surface area contributed by atoms with E-state index in [2.05, 4.69) is 5.32 Å². The Labute approximate surface area is 197 Å².